The molecule has 2 aromatic rings. The van der Waals surface area contributed by atoms with E-state index in [-0.39, 0.29) is 5.91 Å². The van der Waals surface area contributed by atoms with Crippen molar-refractivity contribution in [3.05, 3.63) is 52.0 Å². The van der Waals surface area contributed by atoms with Gasteiger partial charge in [0.05, 0.1) is 5.01 Å². The Morgan fingerprint density at radius 2 is 2.11 bits per heavy atom. The highest BCUT2D eigenvalue weighted by atomic mass is 79.9. The van der Waals surface area contributed by atoms with Gasteiger partial charge < -0.3 is 5.32 Å². The van der Waals surface area contributed by atoms with Crippen LogP contribution in [0.5, 0.6) is 0 Å². The summed E-state index contributed by atoms with van der Waals surface area (Å²) in [7, 11) is 0. The first-order valence-electron chi connectivity index (χ1n) is 5.61. The van der Waals surface area contributed by atoms with Gasteiger partial charge in [-0.05, 0) is 17.7 Å². The molecule has 0 radical (unpaired) electrons. The number of aromatic nitrogens is 1. The summed E-state index contributed by atoms with van der Waals surface area (Å²) in [6, 6.07) is 7.58. The number of nitrogens with one attached hydrogen (secondary N) is 1. The number of rotatable bonds is 5. The number of amides is 1. The van der Waals surface area contributed by atoms with Gasteiger partial charge in [-0.15, -0.1) is 11.3 Å². The molecule has 0 aliphatic carbocycles. The summed E-state index contributed by atoms with van der Waals surface area (Å²) in [5, 5.41) is 6.68. The number of halogens is 1. The first-order chi connectivity index (χ1) is 8.79. The molecule has 1 heterocycles. The molecule has 0 atom stereocenters. The summed E-state index contributed by atoms with van der Waals surface area (Å²) in [5.74, 6) is -0.0346. The topological polar surface area (TPSA) is 42.0 Å². The zero-order chi connectivity index (χ0) is 12.8. The molecule has 2 rings (SSSR count). The first-order valence-corrected chi connectivity index (χ1v) is 7.61. The summed E-state index contributed by atoms with van der Waals surface area (Å²) in [6.45, 7) is 0.618. The van der Waals surface area contributed by atoms with E-state index in [4.69, 9.17) is 0 Å². The number of carbonyl (C=O) groups is 1. The van der Waals surface area contributed by atoms with Gasteiger partial charge in [-0.25, -0.2) is 4.98 Å². The summed E-state index contributed by atoms with van der Waals surface area (Å²) in [6.07, 6.45) is 2.56. The van der Waals surface area contributed by atoms with Crippen LogP contribution in [0.1, 0.15) is 20.9 Å². The Morgan fingerprint density at radius 1 is 1.33 bits per heavy atom. The summed E-state index contributed by atoms with van der Waals surface area (Å²) >= 11 is 4.98. The highest BCUT2D eigenvalue weighted by molar-refractivity contribution is 9.08. The average Bonchev–Trinajstić information content (AvgIpc) is 2.92. The summed E-state index contributed by atoms with van der Waals surface area (Å²) in [4.78, 5) is 16.0. The zero-order valence-corrected chi connectivity index (χ0v) is 12.1. The van der Waals surface area contributed by atoms with Crippen molar-refractivity contribution < 1.29 is 4.79 Å². The van der Waals surface area contributed by atoms with Crippen LogP contribution in [0.4, 0.5) is 0 Å². The van der Waals surface area contributed by atoms with E-state index in [2.05, 4.69) is 26.2 Å². The fourth-order valence-electron chi connectivity index (χ4n) is 1.51. The van der Waals surface area contributed by atoms with Crippen LogP contribution in [0.2, 0.25) is 0 Å². The molecule has 0 saturated heterocycles. The van der Waals surface area contributed by atoms with Crippen molar-refractivity contribution in [2.24, 2.45) is 0 Å². The lowest BCUT2D eigenvalue weighted by Gasteiger charge is -2.04. The number of thiazole rings is 1. The molecule has 5 heteroatoms. The van der Waals surface area contributed by atoms with E-state index >= 15 is 0 Å². The first kappa shape index (κ1) is 13.2. The van der Waals surface area contributed by atoms with Crippen LogP contribution >= 0.6 is 27.3 Å². The minimum Gasteiger partial charge on any atom is -0.352 e. The number of benzene rings is 1. The fraction of sp³-hybridized carbons (Fsp3) is 0.231. The molecule has 3 nitrogen and oxygen atoms in total. The highest BCUT2D eigenvalue weighted by Crippen LogP contribution is 2.08. The molecule has 1 aromatic carbocycles. The van der Waals surface area contributed by atoms with Gasteiger partial charge in [0.15, 0.2) is 0 Å². The lowest BCUT2D eigenvalue weighted by molar-refractivity contribution is 0.0954. The number of hydrogen-bond acceptors (Lipinski definition) is 3. The SMILES string of the molecule is O=C(NCCc1nccs1)c1ccc(CBr)cc1. The van der Waals surface area contributed by atoms with E-state index in [9.17, 15) is 4.79 Å². The predicted octanol–water partition coefficient (Wildman–Crippen LogP) is 3.01. The van der Waals surface area contributed by atoms with Gasteiger partial charge in [0, 0.05) is 35.4 Å². The lowest BCUT2D eigenvalue weighted by atomic mass is 10.1. The highest BCUT2D eigenvalue weighted by Gasteiger charge is 2.04. The standard InChI is InChI=1S/C13H13BrN2OS/c14-9-10-1-3-11(4-2-10)13(17)16-6-5-12-15-7-8-18-12/h1-4,7-8H,5-6,9H2,(H,16,17). The van der Waals surface area contributed by atoms with Gasteiger partial charge in [-0.1, -0.05) is 28.1 Å². The monoisotopic (exact) mass is 324 g/mol. The summed E-state index contributed by atoms with van der Waals surface area (Å²) < 4.78 is 0. The van der Waals surface area contributed by atoms with Crippen LogP contribution in [0.15, 0.2) is 35.8 Å². The minimum atomic E-state index is -0.0346. The van der Waals surface area contributed by atoms with Gasteiger partial charge in [-0.3, -0.25) is 4.79 Å². The summed E-state index contributed by atoms with van der Waals surface area (Å²) in [5.41, 5.74) is 1.85. The van der Waals surface area contributed by atoms with E-state index in [1.807, 2.05) is 29.6 Å². The Hall–Kier alpha value is -1.20. The molecular formula is C13H13BrN2OS. The Labute approximate surface area is 118 Å². The third-order valence-electron chi connectivity index (χ3n) is 2.48. The molecule has 0 spiro atoms. The molecule has 0 fully saturated rings. The van der Waals surface area contributed by atoms with E-state index in [0.717, 1.165) is 22.3 Å². The van der Waals surface area contributed by atoms with Crippen LogP contribution in [-0.4, -0.2) is 17.4 Å². The molecule has 0 aliphatic rings. The maximum Gasteiger partial charge on any atom is 0.251 e. The van der Waals surface area contributed by atoms with E-state index in [0.29, 0.717) is 12.1 Å². The van der Waals surface area contributed by atoms with Crippen molar-refractivity contribution in [2.45, 2.75) is 11.8 Å². The minimum absolute atomic E-state index is 0.0346. The number of carbonyl (C=O) groups excluding carboxylic acids is 1. The smallest absolute Gasteiger partial charge is 0.251 e. The number of nitrogens with zero attached hydrogens (tertiary/aromatic N) is 1. The van der Waals surface area contributed by atoms with Gasteiger partial charge in [0.2, 0.25) is 0 Å². The fourth-order valence-corrected chi connectivity index (χ4v) is 2.50. The van der Waals surface area contributed by atoms with Crippen LogP contribution in [0, 0.1) is 0 Å². The zero-order valence-electron chi connectivity index (χ0n) is 9.73. The lowest BCUT2D eigenvalue weighted by Crippen LogP contribution is -2.25. The van der Waals surface area contributed by atoms with Crippen molar-refractivity contribution >= 4 is 33.2 Å². The van der Waals surface area contributed by atoms with Crippen molar-refractivity contribution in [2.75, 3.05) is 6.54 Å². The Balaban J connectivity index is 1.83. The number of alkyl halides is 1. The van der Waals surface area contributed by atoms with Crippen LogP contribution in [0.3, 0.4) is 0 Å². The second-order valence-electron chi connectivity index (χ2n) is 3.76. The Morgan fingerprint density at radius 3 is 2.72 bits per heavy atom. The van der Waals surface area contributed by atoms with Gasteiger partial charge in [0.25, 0.3) is 5.91 Å². The van der Waals surface area contributed by atoms with Crippen molar-refractivity contribution in [3.63, 3.8) is 0 Å². The second-order valence-corrected chi connectivity index (χ2v) is 5.30. The quantitative estimate of drug-likeness (QED) is 0.859. The van der Waals surface area contributed by atoms with E-state index in [1.54, 1.807) is 17.5 Å². The van der Waals surface area contributed by atoms with Crippen molar-refractivity contribution in [3.8, 4) is 0 Å². The second kappa shape index (κ2) is 6.66. The maximum atomic E-state index is 11.8. The molecule has 18 heavy (non-hydrogen) atoms. The molecule has 0 bridgehead atoms. The average molecular weight is 325 g/mol. The predicted molar refractivity (Wildman–Crippen MR) is 77.2 cm³/mol. The van der Waals surface area contributed by atoms with E-state index in [1.165, 1.54) is 0 Å². The largest absolute Gasteiger partial charge is 0.352 e. The molecule has 1 aromatic heterocycles. The molecule has 1 N–H and O–H groups in total. The molecule has 94 valence electrons. The third-order valence-corrected chi connectivity index (χ3v) is 3.97. The van der Waals surface area contributed by atoms with Gasteiger partial charge in [0.1, 0.15) is 0 Å². The molecule has 1 amide bonds. The normalized spacial score (nSPS) is 10.3. The molecular weight excluding hydrogens is 312 g/mol. The van der Waals surface area contributed by atoms with Gasteiger partial charge in [-0.2, -0.15) is 0 Å². The Kier molecular flexibility index (Phi) is 4.90. The molecule has 0 unspecified atom stereocenters. The van der Waals surface area contributed by atoms with Crippen molar-refractivity contribution in [1.82, 2.24) is 10.3 Å². The van der Waals surface area contributed by atoms with Crippen molar-refractivity contribution in [1.29, 1.82) is 0 Å². The maximum absolute atomic E-state index is 11.8. The van der Waals surface area contributed by atoms with Crippen LogP contribution in [-0.2, 0) is 11.8 Å². The van der Waals surface area contributed by atoms with Crippen LogP contribution < -0.4 is 5.32 Å². The number of hydrogen-bond donors (Lipinski definition) is 1. The van der Waals surface area contributed by atoms with Gasteiger partial charge >= 0.3 is 0 Å². The third kappa shape index (κ3) is 3.65. The molecule has 0 saturated carbocycles. The van der Waals surface area contributed by atoms with Crippen LogP contribution in [0.25, 0.3) is 0 Å². The molecule has 0 aliphatic heterocycles. The van der Waals surface area contributed by atoms with E-state index < -0.39 is 0 Å². The Bertz CT molecular complexity index is 496.